The van der Waals surface area contributed by atoms with Crippen molar-refractivity contribution in [2.75, 3.05) is 11.1 Å². The summed E-state index contributed by atoms with van der Waals surface area (Å²) < 4.78 is 28.5. The van der Waals surface area contributed by atoms with Crippen LogP contribution in [-0.4, -0.2) is 13.4 Å². The van der Waals surface area contributed by atoms with Gasteiger partial charge >= 0.3 is 0 Å². The van der Waals surface area contributed by atoms with Gasteiger partial charge in [-0.05, 0) is 38.5 Å². The molecule has 0 atom stereocenters. The first-order valence-electron chi connectivity index (χ1n) is 6.28. The molecular formula is C13H18N4O3S. The van der Waals surface area contributed by atoms with Gasteiger partial charge in [-0.2, -0.15) is 0 Å². The number of nitrogens with one attached hydrogen (secondary N) is 1. The SMILES string of the molecule is Cc1nc(CNc2cc(N)cc(S(N)(=O)=O)c2C)oc1C. The van der Waals surface area contributed by atoms with Crippen molar-refractivity contribution in [1.29, 1.82) is 0 Å². The number of nitrogens with two attached hydrogens (primary N) is 2. The molecule has 0 aliphatic rings. The normalized spacial score (nSPS) is 11.6. The summed E-state index contributed by atoms with van der Waals surface area (Å²) in [6.45, 7) is 5.67. The van der Waals surface area contributed by atoms with Crippen LogP contribution < -0.4 is 16.2 Å². The number of nitrogens with zero attached hydrogens (tertiary/aromatic N) is 1. The minimum Gasteiger partial charge on any atom is -0.444 e. The van der Waals surface area contributed by atoms with Crippen LogP contribution in [-0.2, 0) is 16.6 Å². The average Bonchev–Trinajstić information content (AvgIpc) is 2.68. The van der Waals surface area contributed by atoms with E-state index in [1.807, 2.05) is 13.8 Å². The molecule has 5 N–H and O–H groups in total. The molecule has 0 fully saturated rings. The van der Waals surface area contributed by atoms with Gasteiger partial charge in [-0.25, -0.2) is 18.5 Å². The van der Waals surface area contributed by atoms with Crippen LogP contribution in [0.1, 0.15) is 22.9 Å². The molecule has 0 bridgehead atoms. The van der Waals surface area contributed by atoms with Gasteiger partial charge in [-0.3, -0.25) is 0 Å². The lowest BCUT2D eigenvalue weighted by Gasteiger charge is -2.12. The highest BCUT2D eigenvalue weighted by Crippen LogP contribution is 2.26. The van der Waals surface area contributed by atoms with Crippen LogP contribution in [0.25, 0.3) is 0 Å². The lowest BCUT2D eigenvalue weighted by atomic mass is 10.2. The molecule has 1 aromatic heterocycles. The fourth-order valence-electron chi connectivity index (χ4n) is 1.97. The maximum atomic E-state index is 11.5. The molecule has 1 aromatic carbocycles. The van der Waals surface area contributed by atoms with Gasteiger partial charge in [0.1, 0.15) is 5.76 Å². The van der Waals surface area contributed by atoms with E-state index in [0.29, 0.717) is 29.4 Å². The molecule has 0 saturated heterocycles. The summed E-state index contributed by atoms with van der Waals surface area (Å²) in [6.07, 6.45) is 0. The van der Waals surface area contributed by atoms with E-state index < -0.39 is 10.0 Å². The van der Waals surface area contributed by atoms with Crippen LogP contribution in [0.3, 0.4) is 0 Å². The smallest absolute Gasteiger partial charge is 0.238 e. The number of nitrogen functional groups attached to an aromatic ring is 1. The summed E-state index contributed by atoms with van der Waals surface area (Å²) >= 11 is 0. The highest BCUT2D eigenvalue weighted by atomic mass is 32.2. The average molecular weight is 310 g/mol. The Morgan fingerprint density at radius 2 is 1.95 bits per heavy atom. The summed E-state index contributed by atoms with van der Waals surface area (Å²) in [4.78, 5) is 4.25. The molecule has 2 aromatic rings. The van der Waals surface area contributed by atoms with E-state index in [1.165, 1.54) is 6.07 Å². The minimum atomic E-state index is -3.82. The number of hydrogen-bond donors (Lipinski definition) is 3. The molecule has 0 radical (unpaired) electrons. The molecular weight excluding hydrogens is 292 g/mol. The Bertz CT molecular complexity index is 761. The molecule has 0 aliphatic carbocycles. The Balaban J connectivity index is 2.30. The number of rotatable bonds is 4. The van der Waals surface area contributed by atoms with Crippen molar-refractivity contribution >= 4 is 21.4 Å². The predicted molar refractivity (Wildman–Crippen MR) is 80.3 cm³/mol. The van der Waals surface area contributed by atoms with Crippen molar-refractivity contribution in [3.05, 3.63) is 35.0 Å². The Hall–Kier alpha value is -2.06. The fourth-order valence-corrected chi connectivity index (χ4v) is 2.81. The Morgan fingerprint density at radius 1 is 1.29 bits per heavy atom. The molecule has 0 spiro atoms. The number of sulfonamides is 1. The zero-order valence-electron chi connectivity index (χ0n) is 12.1. The molecule has 1 heterocycles. The van der Waals surface area contributed by atoms with Crippen molar-refractivity contribution in [2.24, 2.45) is 5.14 Å². The number of aryl methyl sites for hydroxylation is 2. The first kappa shape index (κ1) is 15.3. The van der Waals surface area contributed by atoms with Crippen LogP contribution in [0.4, 0.5) is 11.4 Å². The zero-order chi connectivity index (χ0) is 15.8. The van der Waals surface area contributed by atoms with Crippen LogP contribution in [0.15, 0.2) is 21.4 Å². The third-order valence-electron chi connectivity index (χ3n) is 3.19. The van der Waals surface area contributed by atoms with Gasteiger partial charge < -0.3 is 15.5 Å². The fraction of sp³-hybridized carbons (Fsp3) is 0.308. The molecule has 114 valence electrons. The molecule has 0 aliphatic heterocycles. The van der Waals surface area contributed by atoms with Crippen molar-refractivity contribution in [3.63, 3.8) is 0 Å². The van der Waals surface area contributed by atoms with Gasteiger partial charge in [0.15, 0.2) is 0 Å². The summed E-state index contributed by atoms with van der Waals surface area (Å²) in [7, 11) is -3.82. The first-order chi connectivity index (χ1) is 9.68. The summed E-state index contributed by atoms with van der Waals surface area (Å²) in [5.41, 5.74) is 7.94. The highest BCUT2D eigenvalue weighted by molar-refractivity contribution is 7.89. The van der Waals surface area contributed by atoms with Crippen LogP contribution in [0, 0.1) is 20.8 Å². The van der Waals surface area contributed by atoms with Gasteiger partial charge in [-0.15, -0.1) is 0 Å². The van der Waals surface area contributed by atoms with Crippen molar-refractivity contribution in [1.82, 2.24) is 4.98 Å². The summed E-state index contributed by atoms with van der Waals surface area (Å²) in [5.74, 6) is 1.27. The topological polar surface area (TPSA) is 124 Å². The first-order valence-corrected chi connectivity index (χ1v) is 7.83. The van der Waals surface area contributed by atoms with Crippen LogP contribution >= 0.6 is 0 Å². The number of aromatic nitrogens is 1. The molecule has 0 amide bonds. The van der Waals surface area contributed by atoms with E-state index >= 15 is 0 Å². The number of hydrogen-bond acceptors (Lipinski definition) is 6. The second-order valence-corrected chi connectivity index (χ2v) is 6.37. The van der Waals surface area contributed by atoms with E-state index in [2.05, 4.69) is 10.3 Å². The monoisotopic (exact) mass is 310 g/mol. The standard InChI is InChI=1S/C13H18N4O3S/c1-7-11(4-10(14)5-12(7)21(15,18)19)16-6-13-17-8(2)9(3)20-13/h4-5,16H,6,14H2,1-3H3,(H2,15,18,19). The van der Waals surface area contributed by atoms with Crippen molar-refractivity contribution < 1.29 is 12.8 Å². The van der Waals surface area contributed by atoms with Gasteiger partial charge in [0.2, 0.25) is 15.9 Å². The van der Waals surface area contributed by atoms with Crippen LogP contribution in [0.2, 0.25) is 0 Å². The molecule has 0 unspecified atom stereocenters. The Kier molecular flexibility index (Phi) is 3.93. The van der Waals surface area contributed by atoms with Gasteiger partial charge in [0.05, 0.1) is 17.1 Å². The third-order valence-corrected chi connectivity index (χ3v) is 4.23. The second-order valence-electron chi connectivity index (χ2n) is 4.84. The number of benzene rings is 1. The molecule has 21 heavy (non-hydrogen) atoms. The van der Waals surface area contributed by atoms with Gasteiger partial charge in [-0.1, -0.05) is 0 Å². The maximum Gasteiger partial charge on any atom is 0.238 e. The van der Waals surface area contributed by atoms with E-state index in [-0.39, 0.29) is 4.90 Å². The quantitative estimate of drug-likeness (QED) is 0.734. The third kappa shape index (κ3) is 3.34. The lowest BCUT2D eigenvalue weighted by molar-refractivity contribution is 0.478. The molecule has 0 saturated carbocycles. The van der Waals surface area contributed by atoms with E-state index in [1.54, 1.807) is 13.0 Å². The second kappa shape index (κ2) is 5.38. The maximum absolute atomic E-state index is 11.5. The predicted octanol–water partition coefficient (Wildman–Crippen LogP) is 1.44. The van der Waals surface area contributed by atoms with E-state index in [4.69, 9.17) is 15.3 Å². The van der Waals surface area contributed by atoms with Gasteiger partial charge in [0.25, 0.3) is 0 Å². The Labute approximate surface area is 123 Å². The summed E-state index contributed by atoms with van der Waals surface area (Å²) in [5, 5.41) is 8.25. The van der Waals surface area contributed by atoms with E-state index in [0.717, 1.165) is 11.5 Å². The van der Waals surface area contributed by atoms with Crippen molar-refractivity contribution in [3.8, 4) is 0 Å². The molecule has 2 rings (SSSR count). The molecule has 8 heteroatoms. The number of oxazole rings is 1. The highest BCUT2D eigenvalue weighted by Gasteiger charge is 2.16. The molecule has 7 nitrogen and oxygen atoms in total. The summed E-state index contributed by atoms with van der Waals surface area (Å²) in [6, 6.07) is 2.99. The van der Waals surface area contributed by atoms with Gasteiger partial charge in [0, 0.05) is 11.4 Å². The van der Waals surface area contributed by atoms with E-state index in [9.17, 15) is 8.42 Å². The number of anilines is 2. The van der Waals surface area contributed by atoms with Crippen LogP contribution in [0.5, 0.6) is 0 Å². The Morgan fingerprint density at radius 3 is 2.48 bits per heavy atom. The number of primary sulfonamides is 1. The lowest BCUT2D eigenvalue weighted by Crippen LogP contribution is -2.15. The zero-order valence-corrected chi connectivity index (χ0v) is 12.9. The minimum absolute atomic E-state index is 0.00441. The largest absolute Gasteiger partial charge is 0.444 e. The van der Waals surface area contributed by atoms with Crippen molar-refractivity contribution in [2.45, 2.75) is 32.2 Å².